The fourth-order valence-corrected chi connectivity index (χ4v) is 1.28. The average molecular weight is 205 g/mol. The lowest BCUT2D eigenvalue weighted by atomic mass is 10.2. The van der Waals surface area contributed by atoms with Crippen LogP contribution in [0.3, 0.4) is 0 Å². The molecular formula is C10H15N5. The van der Waals surface area contributed by atoms with Crippen LogP contribution in [0.1, 0.15) is 18.9 Å². The summed E-state index contributed by atoms with van der Waals surface area (Å²) in [6.07, 6.45) is 2.15. The van der Waals surface area contributed by atoms with E-state index in [1.165, 1.54) is 0 Å². The molecule has 15 heavy (non-hydrogen) atoms. The monoisotopic (exact) mass is 205 g/mol. The van der Waals surface area contributed by atoms with E-state index < -0.39 is 0 Å². The maximum atomic E-state index is 8.62. The van der Waals surface area contributed by atoms with Crippen LogP contribution in [0.5, 0.6) is 0 Å². The molecule has 0 bridgehead atoms. The van der Waals surface area contributed by atoms with Crippen LogP contribution in [-0.2, 0) is 0 Å². The molecule has 0 aliphatic rings. The van der Waals surface area contributed by atoms with Crippen LogP contribution in [0.2, 0.25) is 0 Å². The number of aromatic nitrogens is 2. The number of nitrogens with zero attached hydrogens (tertiary/aromatic N) is 4. The first-order chi connectivity index (χ1) is 7.06. The molecule has 0 spiro atoms. The van der Waals surface area contributed by atoms with Crippen LogP contribution in [0.15, 0.2) is 6.20 Å². The van der Waals surface area contributed by atoms with Crippen LogP contribution in [-0.4, -0.2) is 23.1 Å². The molecule has 1 heterocycles. The van der Waals surface area contributed by atoms with Crippen molar-refractivity contribution in [2.75, 3.05) is 17.7 Å². The van der Waals surface area contributed by atoms with Crippen LogP contribution in [0, 0.1) is 18.3 Å². The highest BCUT2D eigenvalue weighted by Gasteiger charge is 2.13. The van der Waals surface area contributed by atoms with Crippen molar-refractivity contribution < 1.29 is 0 Å². The summed E-state index contributed by atoms with van der Waals surface area (Å²) < 4.78 is 0. The summed E-state index contributed by atoms with van der Waals surface area (Å²) in [6.45, 7) is 3.89. The van der Waals surface area contributed by atoms with Gasteiger partial charge >= 0.3 is 0 Å². The molecule has 0 aromatic carbocycles. The lowest BCUT2D eigenvalue weighted by Gasteiger charge is -2.25. The van der Waals surface area contributed by atoms with Gasteiger partial charge < -0.3 is 10.6 Å². The third-order valence-corrected chi connectivity index (χ3v) is 2.35. The Morgan fingerprint density at radius 1 is 1.67 bits per heavy atom. The normalized spacial score (nSPS) is 11.9. The van der Waals surface area contributed by atoms with Gasteiger partial charge in [-0.2, -0.15) is 10.2 Å². The summed E-state index contributed by atoms with van der Waals surface area (Å²) in [4.78, 5) is 10.0. The van der Waals surface area contributed by atoms with Gasteiger partial charge in [0, 0.05) is 24.8 Å². The number of anilines is 2. The summed E-state index contributed by atoms with van der Waals surface area (Å²) >= 11 is 0. The van der Waals surface area contributed by atoms with Gasteiger partial charge in [-0.25, -0.2) is 4.98 Å². The van der Waals surface area contributed by atoms with E-state index in [1.54, 1.807) is 6.20 Å². The fourth-order valence-electron chi connectivity index (χ4n) is 1.28. The first-order valence-corrected chi connectivity index (χ1v) is 4.75. The standard InChI is InChI=1S/C10H15N5/c1-7-6-13-10(12)14-9(7)15(3)8(2)4-5-11/h6,8H,4H2,1-3H3,(H2,12,13,14). The fraction of sp³-hybridized carbons (Fsp3) is 0.500. The summed E-state index contributed by atoms with van der Waals surface area (Å²) in [5.74, 6) is 1.04. The van der Waals surface area contributed by atoms with Crippen LogP contribution in [0.25, 0.3) is 0 Å². The van der Waals surface area contributed by atoms with Crippen LogP contribution in [0.4, 0.5) is 11.8 Å². The van der Waals surface area contributed by atoms with Crippen LogP contribution >= 0.6 is 0 Å². The summed E-state index contributed by atoms with van der Waals surface area (Å²) in [5, 5.41) is 8.62. The van der Waals surface area contributed by atoms with Gasteiger partial charge in [-0.3, -0.25) is 0 Å². The zero-order valence-electron chi connectivity index (χ0n) is 9.23. The van der Waals surface area contributed by atoms with Crippen molar-refractivity contribution in [3.63, 3.8) is 0 Å². The Kier molecular flexibility index (Phi) is 3.45. The molecule has 1 aromatic heterocycles. The predicted octanol–water partition coefficient (Wildman–Crippen LogP) is 1.11. The smallest absolute Gasteiger partial charge is 0.221 e. The molecule has 0 amide bonds. The van der Waals surface area contributed by atoms with E-state index in [-0.39, 0.29) is 12.0 Å². The molecule has 0 saturated heterocycles. The van der Waals surface area contributed by atoms with E-state index in [1.807, 2.05) is 25.8 Å². The highest BCUT2D eigenvalue weighted by Crippen LogP contribution is 2.18. The van der Waals surface area contributed by atoms with E-state index in [9.17, 15) is 0 Å². The summed E-state index contributed by atoms with van der Waals surface area (Å²) in [5.41, 5.74) is 6.48. The molecule has 1 rings (SSSR count). The van der Waals surface area contributed by atoms with Crippen molar-refractivity contribution >= 4 is 11.8 Å². The molecule has 0 fully saturated rings. The van der Waals surface area contributed by atoms with Gasteiger partial charge in [-0.15, -0.1) is 0 Å². The number of nitrogen functional groups attached to an aromatic ring is 1. The predicted molar refractivity (Wildman–Crippen MR) is 59.3 cm³/mol. The Hall–Kier alpha value is -1.83. The molecule has 2 N–H and O–H groups in total. The topological polar surface area (TPSA) is 78.8 Å². The van der Waals surface area contributed by atoms with Gasteiger partial charge in [0.05, 0.1) is 12.5 Å². The van der Waals surface area contributed by atoms with Crippen molar-refractivity contribution in [3.05, 3.63) is 11.8 Å². The second-order valence-corrected chi connectivity index (χ2v) is 3.56. The number of nitriles is 1. The number of nitrogens with two attached hydrogens (primary N) is 1. The Labute approximate surface area is 89.6 Å². The second-order valence-electron chi connectivity index (χ2n) is 3.56. The van der Waals surface area contributed by atoms with Gasteiger partial charge in [0.1, 0.15) is 5.82 Å². The van der Waals surface area contributed by atoms with Gasteiger partial charge in [0.25, 0.3) is 0 Å². The number of aryl methyl sites for hydroxylation is 1. The quantitative estimate of drug-likeness (QED) is 0.799. The van der Waals surface area contributed by atoms with E-state index >= 15 is 0 Å². The van der Waals surface area contributed by atoms with E-state index in [0.717, 1.165) is 11.4 Å². The van der Waals surface area contributed by atoms with Crippen molar-refractivity contribution in [2.45, 2.75) is 26.3 Å². The maximum Gasteiger partial charge on any atom is 0.221 e. The lowest BCUT2D eigenvalue weighted by molar-refractivity contribution is 0.691. The molecule has 1 unspecified atom stereocenters. The van der Waals surface area contributed by atoms with Gasteiger partial charge in [-0.05, 0) is 13.8 Å². The van der Waals surface area contributed by atoms with E-state index in [4.69, 9.17) is 11.0 Å². The molecule has 1 aromatic rings. The number of hydrogen-bond donors (Lipinski definition) is 1. The molecule has 1 atom stereocenters. The summed E-state index contributed by atoms with van der Waals surface area (Å²) in [7, 11) is 1.90. The molecule has 0 aliphatic heterocycles. The van der Waals surface area contributed by atoms with Crippen molar-refractivity contribution in [1.82, 2.24) is 9.97 Å². The minimum atomic E-state index is 0.114. The van der Waals surface area contributed by atoms with Crippen molar-refractivity contribution in [1.29, 1.82) is 5.26 Å². The first-order valence-electron chi connectivity index (χ1n) is 4.75. The van der Waals surface area contributed by atoms with Crippen molar-refractivity contribution in [3.8, 4) is 6.07 Å². The minimum Gasteiger partial charge on any atom is -0.368 e. The Balaban J connectivity index is 2.95. The number of hydrogen-bond acceptors (Lipinski definition) is 5. The van der Waals surface area contributed by atoms with E-state index in [0.29, 0.717) is 6.42 Å². The van der Waals surface area contributed by atoms with Gasteiger partial charge in [0.2, 0.25) is 5.95 Å². The highest BCUT2D eigenvalue weighted by molar-refractivity contribution is 5.48. The van der Waals surface area contributed by atoms with Gasteiger partial charge in [0.15, 0.2) is 0 Å². The molecule has 80 valence electrons. The highest BCUT2D eigenvalue weighted by atomic mass is 15.2. The molecule has 0 radical (unpaired) electrons. The van der Waals surface area contributed by atoms with Gasteiger partial charge in [-0.1, -0.05) is 0 Å². The Morgan fingerprint density at radius 2 is 2.33 bits per heavy atom. The first kappa shape index (κ1) is 11.2. The van der Waals surface area contributed by atoms with E-state index in [2.05, 4.69) is 16.0 Å². The molecule has 5 nitrogen and oxygen atoms in total. The minimum absolute atomic E-state index is 0.114. The second kappa shape index (κ2) is 4.60. The molecular weight excluding hydrogens is 190 g/mol. The Bertz CT molecular complexity index is 382. The average Bonchev–Trinajstić information content (AvgIpc) is 2.21. The third kappa shape index (κ3) is 2.56. The largest absolute Gasteiger partial charge is 0.368 e. The van der Waals surface area contributed by atoms with Crippen LogP contribution < -0.4 is 10.6 Å². The third-order valence-electron chi connectivity index (χ3n) is 2.35. The maximum absolute atomic E-state index is 8.62. The molecule has 5 heteroatoms. The number of rotatable bonds is 3. The van der Waals surface area contributed by atoms with Crippen molar-refractivity contribution in [2.24, 2.45) is 0 Å². The SMILES string of the molecule is Cc1cnc(N)nc1N(C)C(C)CC#N. The molecule has 0 saturated carbocycles. The molecule has 0 aliphatic carbocycles. The zero-order chi connectivity index (χ0) is 11.4. The lowest BCUT2D eigenvalue weighted by Crippen LogP contribution is -2.30. The zero-order valence-corrected chi connectivity index (χ0v) is 9.23. The summed E-state index contributed by atoms with van der Waals surface area (Å²) in [6, 6.07) is 2.25. The Morgan fingerprint density at radius 3 is 2.93 bits per heavy atom.